The summed E-state index contributed by atoms with van der Waals surface area (Å²) in [6, 6.07) is 17.3. The molecule has 0 aliphatic rings. The van der Waals surface area contributed by atoms with Gasteiger partial charge in [0.25, 0.3) is 5.91 Å². The first-order valence-electron chi connectivity index (χ1n) is 8.10. The van der Waals surface area contributed by atoms with Gasteiger partial charge in [0.2, 0.25) is 0 Å². The highest BCUT2D eigenvalue weighted by molar-refractivity contribution is 7.14. The number of aromatic amines is 1. The number of hydrogen-bond donors (Lipinski definition) is 2. The number of carbonyl (C=O) groups is 1. The second-order valence-electron chi connectivity index (χ2n) is 5.89. The minimum absolute atomic E-state index is 0.273. The number of furan rings is 1. The number of hydrogen-bond acceptors (Lipinski definition) is 4. The van der Waals surface area contributed by atoms with Crippen molar-refractivity contribution in [2.45, 2.75) is 0 Å². The van der Waals surface area contributed by atoms with Crippen LogP contribution in [0.4, 0.5) is 5.13 Å². The molecule has 1 amide bonds. The molecule has 0 fully saturated rings. The van der Waals surface area contributed by atoms with E-state index in [0.717, 1.165) is 27.5 Å². The Kier molecular flexibility index (Phi) is 3.36. The predicted molar refractivity (Wildman–Crippen MR) is 104 cm³/mol. The number of nitrogens with one attached hydrogen (secondary N) is 2. The topological polar surface area (TPSA) is 70.9 Å². The van der Waals surface area contributed by atoms with Gasteiger partial charge in [-0.3, -0.25) is 10.1 Å². The van der Waals surface area contributed by atoms with Gasteiger partial charge in [-0.25, -0.2) is 4.98 Å². The maximum Gasteiger partial charge on any atom is 0.293 e. The van der Waals surface area contributed by atoms with E-state index in [2.05, 4.69) is 15.3 Å². The SMILES string of the molecule is O=C(Nc1nc(-c2c[nH]c3ccccc23)cs1)c1cc2ccccc2o1. The van der Waals surface area contributed by atoms with Crippen LogP contribution in [-0.2, 0) is 0 Å². The number of aromatic nitrogens is 2. The number of anilines is 1. The van der Waals surface area contributed by atoms with Gasteiger partial charge in [-0.1, -0.05) is 36.4 Å². The van der Waals surface area contributed by atoms with E-state index in [1.54, 1.807) is 6.07 Å². The molecule has 0 unspecified atom stereocenters. The van der Waals surface area contributed by atoms with E-state index in [9.17, 15) is 4.79 Å². The quantitative estimate of drug-likeness (QED) is 0.460. The molecule has 126 valence electrons. The fourth-order valence-electron chi connectivity index (χ4n) is 2.99. The van der Waals surface area contributed by atoms with E-state index in [-0.39, 0.29) is 11.7 Å². The molecule has 3 heterocycles. The molecule has 5 aromatic rings. The summed E-state index contributed by atoms with van der Waals surface area (Å²) < 4.78 is 5.60. The Balaban J connectivity index is 1.42. The lowest BCUT2D eigenvalue weighted by molar-refractivity contribution is 0.0998. The maximum atomic E-state index is 12.4. The van der Waals surface area contributed by atoms with Gasteiger partial charge in [0.15, 0.2) is 10.9 Å². The third-order valence-corrected chi connectivity index (χ3v) is 5.00. The van der Waals surface area contributed by atoms with Crippen molar-refractivity contribution in [2.75, 3.05) is 5.32 Å². The molecule has 2 N–H and O–H groups in total. The average Bonchev–Trinajstić information content (AvgIpc) is 3.38. The molecule has 5 rings (SSSR count). The van der Waals surface area contributed by atoms with Gasteiger partial charge in [0, 0.05) is 33.4 Å². The van der Waals surface area contributed by atoms with Gasteiger partial charge in [0.05, 0.1) is 5.69 Å². The fourth-order valence-corrected chi connectivity index (χ4v) is 3.70. The fraction of sp³-hybridized carbons (Fsp3) is 0. The van der Waals surface area contributed by atoms with E-state index in [1.807, 2.05) is 60.1 Å². The zero-order valence-corrected chi connectivity index (χ0v) is 14.3. The Morgan fingerprint density at radius 3 is 2.88 bits per heavy atom. The smallest absolute Gasteiger partial charge is 0.293 e. The van der Waals surface area contributed by atoms with Crippen LogP contribution in [0.2, 0.25) is 0 Å². The van der Waals surface area contributed by atoms with Crippen LogP contribution in [0, 0.1) is 0 Å². The molecule has 3 aromatic heterocycles. The zero-order valence-electron chi connectivity index (χ0n) is 13.5. The standard InChI is InChI=1S/C20H13N3O2S/c24-19(18-9-12-5-1-4-8-17(12)25-18)23-20-22-16(11-26-20)14-10-21-15-7-3-2-6-13(14)15/h1-11,21H,(H,22,23,24). The molecular formula is C20H13N3O2S. The third-order valence-electron chi connectivity index (χ3n) is 4.24. The Bertz CT molecular complexity index is 1220. The molecule has 0 aliphatic heterocycles. The van der Waals surface area contributed by atoms with E-state index in [4.69, 9.17) is 4.42 Å². The van der Waals surface area contributed by atoms with Gasteiger partial charge in [-0.05, 0) is 18.2 Å². The summed E-state index contributed by atoms with van der Waals surface area (Å²) in [6.07, 6.45) is 1.94. The first kappa shape index (κ1) is 14.9. The number of benzene rings is 2. The zero-order chi connectivity index (χ0) is 17.5. The number of para-hydroxylation sites is 2. The van der Waals surface area contributed by atoms with E-state index < -0.39 is 0 Å². The molecule has 0 radical (unpaired) electrons. The first-order chi connectivity index (χ1) is 12.8. The largest absolute Gasteiger partial charge is 0.451 e. The number of amides is 1. The van der Waals surface area contributed by atoms with Crippen molar-refractivity contribution in [1.29, 1.82) is 0 Å². The molecule has 0 bridgehead atoms. The molecule has 0 atom stereocenters. The third kappa shape index (κ3) is 2.48. The molecule has 5 nitrogen and oxygen atoms in total. The van der Waals surface area contributed by atoms with Crippen LogP contribution in [-0.4, -0.2) is 15.9 Å². The van der Waals surface area contributed by atoms with Crippen molar-refractivity contribution in [3.63, 3.8) is 0 Å². The average molecular weight is 359 g/mol. The van der Waals surface area contributed by atoms with Gasteiger partial charge < -0.3 is 9.40 Å². The molecule has 0 saturated heterocycles. The van der Waals surface area contributed by atoms with E-state index in [0.29, 0.717) is 10.7 Å². The molecule has 6 heteroatoms. The van der Waals surface area contributed by atoms with Gasteiger partial charge in [0.1, 0.15) is 5.58 Å². The Hall–Kier alpha value is -3.38. The molecule has 26 heavy (non-hydrogen) atoms. The highest BCUT2D eigenvalue weighted by Gasteiger charge is 2.15. The predicted octanol–water partition coefficient (Wildman–Crippen LogP) is 5.29. The monoisotopic (exact) mass is 359 g/mol. The summed E-state index contributed by atoms with van der Waals surface area (Å²) in [7, 11) is 0. The van der Waals surface area contributed by atoms with Crippen molar-refractivity contribution in [1.82, 2.24) is 9.97 Å². The van der Waals surface area contributed by atoms with Crippen LogP contribution in [0.5, 0.6) is 0 Å². The van der Waals surface area contributed by atoms with Crippen LogP contribution in [0.1, 0.15) is 10.6 Å². The van der Waals surface area contributed by atoms with Crippen LogP contribution in [0.3, 0.4) is 0 Å². The number of nitrogens with zero attached hydrogens (tertiary/aromatic N) is 1. The van der Waals surface area contributed by atoms with Crippen molar-refractivity contribution >= 4 is 44.2 Å². The molecule has 0 aliphatic carbocycles. The van der Waals surface area contributed by atoms with Crippen molar-refractivity contribution in [3.8, 4) is 11.3 Å². The van der Waals surface area contributed by atoms with Crippen molar-refractivity contribution in [2.24, 2.45) is 0 Å². The summed E-state index contributed by atoms with van der Waals surface area (Å²) in [5, 5.41) is 7.29. The number of fused-ring (bicyclic) bond motifs is 2. The molecule has 0 spiro atoms. The summed E-state index contributed by atoms with van der Waals surface area (Å²) >= 11 is 1.39. The second kappa shape index (κ2) is 5.86. The normalized spacial score (nSPS) is 11.2. The molecular weight excluding hydrogens is 346 g/mol. The molecule has 2 aromatic carbocycles. The Morgan fingerprint density at radius 1 is 1.12 bits per heavy atom. The lowest BCUT2D eigenvalue weighted by Crippen LogP contribution is -2.10. The lowest BCUT2D eigenvalue weighted by Gasteiger charge is -1.97. The summed E-state index contributed by atoms with van der Waals surface area (Å²) in [4.78, 5) is 20.2. The molecule has 0 saturated carbocycles. The number of rotatable bonds is 3. The number of H-pyrrole nitrogens is 1. The van der Waals surface area contributed by atoms with Crippen LogP contribution in [0.15, 0.2) is 70.6 Å². The number of carbonyl (C=O) groups excluding carboxylic acids is 1. The van der Waals surface area contributed by atoms with Crippen LogP contribution >= 0.6 is 11.3 Å². The maximum absolute atomic E-state index is 12.4. The van der Waals surface area contributed by atoms with Crippen molar-refractivity contribution < 1.29 is 9.21 Å². The van der Waals surface area contributed by atoms with E-state index >= 15 is 0 Å². The summed E-state index contributed by atoms with van der Waals surface area (Å²) in [5.41, 5.74) is 3.59. The first-order valence-corrected chi connectivity index (χ1v) is 8.98. The Morgan fingerprint density at radius 2 is 1.96 bits per heavy atom. The summed E-state index contributed by atoms with van der Waals surface area (Å²) in [5.74, 6) is -0.0314. The van der Waals surface area contributed by atoms with Gasteiger partial charge >= 0.3 is 0 Å². The minimum Gasteiger partial charge on any atom is -0.451 e. The van der Waals surface area contributed by atoms with E-state index in [1.165, 1.54) is 11.3 Å². The highest BCUT2D eigenvalue weighted by Crippen LogP contribution is 2.31. The van der Waals surface area contributed by atoms with Gasteiger partial charge in [-0.2, -0.15) is 0 Å². The summed E-state index contributed by atoms with van der Waals surface area (Å²) in [6.45, 7) is 0. The van der Waals surface area contributed by atoms with Crippen molar-refractivity contribution in [3.05, 3.63) is 71.9 Å². The van der Waals surface area contributed by atoms with Crippen LogP contribution < -0.4 is 5.32 Å². The van der Waals surface area contributed by atoms with Crippen LogP contribution in [0.25, 0.3) is 33.1 Å². The van der Waals surface area contributed by atoms with Gasteiger partial charge in [-0.15, -0.1) is 11.3 Å². The second-order valence-corrected chi connectivity index (χ2v) is 6.75. The Labute approximate surface area is 152 Å². The lowest BCUT2D eigenvalue weighted by atomic mass is 10.1. The number of thiazole rings is 1. The highest BCUT2D eigenvalue weighted by atomic mass is 32.1. The minimum atomic E-state index is -0.305.